The lowest BCUT2D eigenvalue weighted by Gasteiger charge is -2.11. The number of carbonyl (C=O) groups excluding carboxylic acids is 1. The topological polar surface area (TPSA) is 17.1 Å². The van der Waals surface area contributed by atoms with Gasteiger partial charge < -0.3 is 0 Å². The van der Waals surface area contributed by atoms with Crippen LogP contribution in [0.25, 0.3) is 0 Å². The van der Waals surface area contributed by atoms with Gasteiger partial charge in [0, 0.05) is 21.7 Å². The van der Waals surface area contributed by atoms with Crippen molar-refractivity contribution in [1.82, 2.24) is 0 Å². The van der Waals surface area contributed by atoms with Crippen molar-refractivity contribution in [3.8, 4) is 0 Å². The van der Waals surface area contributed by atoms with E-state index in [-0.39, 0.29) is 5.92 Å². The summed E-state index contributed by atoms with van der Waals surface area (Å²) in [7, 11) is 0. The molecular weight excluding hydrogens is 272 g/mol. The van der Waals surface area contributed by atoms with Crippen molar-refractivity contribution in [3.05, 3.63) is 20.8 Å². The first kappa shape index (κ1) is 11.3. The van der Waals surface area contributed by atoms with Crippen molar-refractivity contribution >= 4 is 33.0 Å². The Balaban J connectivity index is 2.03. The quantitative estimate of drug-likeness (QED) is 0.745. The van der Waals surface area contributed by atoms with Crippen LogP contribution in [-0.2, 0) is 11.2 Å². The van der Waals surface area contributed by atoms with Crippen LogP contribution in [0.1, 0.15) is 37.0 Å². The van der Waals surface area contributed by atoms with Gasteiger partial charge in [-0.25, -0.2) is 0 Å². The third kappa shape index (κ3) is 2.91. The highest BCUT2D eigenvalue weighted by Gasteiger charge is 2.22. The van der Waals surface area contributed by atoms with Gasteiger partial charge >= 0.3 is 0 Å². The molecule has 15 heavy (non-hydrogen) atoms. The first-order chi connectivity index (χ1) is 7.27. The third-order valence-electron chi connectivity index (χ3n) is 3.05. The lowest BCUT2D eigenvalue weighted by Crippen LogP contribution is -2.14. The second kappa shape index (κ2) is 5.26. The van der Waals surface area contributed by atoms with Crippen LogP contribution in [0.5, 0.6) is 0 Å². The molecule has 1 aliphatic rings. The Kier molecular flexibility index (Phi) is 3.98. The van der Waals surface area contributed by atoms with Gasteiger partial charge in [-0.05, 0) is 46.6 Å². The van der Waals surface area contributed by atoms with Crippen LogP contribution in [0.2, 0.25) is 0 Å². The van der Waals surface area contributed by atoms with E-state index < -0.39 is 0 Å². The number of halogens is 1. The Bertz CT molecular complexity index is 345. The molecule has 0 N–H and O–H groups in total. The van der Waals surface area contributed by atoms with E-state index >= 15 is 0 Å². The molecule has 1 aromatic heterocycles. The van der Waals surface area contributed by atoms with Crippen molar-refractivity contribution in [2.75, 3.05) is 0 Å². The minimum absolute atomic E-state index is 0.280. The third-order valence-corrected chi connectivity index (χ3v) is 5.00. The summed E-state index contributed by atoms with van der Waals surface area (Å²) >= 11 is 5.28. The van der Waals surface area contributed by atoms with E-state index in [0.717, 1.165) is 25.7 Å². The first-order valence-corrected chi connectivity index (χ1v) is 7.19. The fourth-order valence-corrected chi connectivity index (χ4v) is 3.74. The summed E-state index contributed by atoms with van der Waals surface area (Å²) in [6.07, 6.45) is 6.38. The number of carbonyl (C=O) groups is 1. The van der Waals surface area contributed by atoms with E-state index in [0.29, 0.717) is 5.78 Å². The van der Waals surface area contributed by atoms with E-state index in [9.17, 15) is 4.79 Å². The zero-order valence-electron chi connectivity index (χ0n) is 8.67. The minimum atomic E-state index is 0.280. The van der Waals surface area contributed by atoms with E-state index in [2.05, 4.69) is 27.4 Å². The van der Waals surface area contributed by atoms with E-state index in [1.807, 2.05) is 0 Å². The van der Waals surface area contributed by atoms with Crippen molar-refractivity contribution in [2.24, 2.45) is 5.92 Å². The zero-order valence-corrected chi connectivity index (χ0v) is 11.1. The second-order valence-corrected chi connectivity index (χ2v) is 6.01. The van der Waals surface area contributed by atoms with Crippen LogP contribution in [0.4, 0.5) is 0 Å². The Morgan fingerprint density at radius 2 is 2.27 bits per heavy atom. The summed E-state index contributed by atoms with van der Waals surface area (Å²) in [5.74, 6) is 0.759. The molecule has 1 aliphatic carbocycles. The van der Waals surface area contributed by atoms with Crippen molar-refractivity contribution in [3.63, 3.8) is 0 Å². The smallest absolute Gasteiger partial charge is 0.136 e. The molecule has 1 saturated carbocycles. The second-order valence-electron chi connectivity index (χ2n) is 4.16. The molecule has 1 aromatic rings. The van der Waals surface area contributed by atoms with Gasteiger partial charge in [0.15, 0.2) is 0 Å². The standard InChI is InChI=1S/C12H15BrOS/c13-10-6-7-15-12(10)8-9-4-2-1-3-5-11(9)14/h6-7,9H,1-5,8H2. The van der Waals surface area contributed by atoms with Gasteiger partial charge in [-0.2, -0.15) is 0 Å². The number of rotatable bonds is 2. The van der Waals surface area contributed by atoms with Gasteiger partial charge in [0.25, 0.3) is 0 Å². The number of hydrogen-bond acceptors (Lipinski definition) is 2. The monoisotopic (exact) mass is 286 g/mol. The van der Waals surface area contributed by atoms with Crippen LogP contribution >= 0.6 is 27.3 Å². The van der Waals surface area contributed by atoms with E-state index in [1.165, 1.54) is 22.2 Å². The Morgan fingerprint density at radius 3 is 3.00 bits per heavy atom. The molecule has 1 atom stereocenters. The molecule has 0 aromatic carbocycles. The largest absolute Gasteiger partial charge is 0.299 e. The van der Waals surface area contributed by atoms with Crippen LogP contribution in [0.3, 0.4) is 0 Å². The lowest BCUT2D eigenvalue weighted by atomic mass is 9.95. The predicted octanol–water partition coefficient (Wildman–Crippen LogP) is 4.20. The molecule has 1 fully saturated rings. The molecule has 0 aliphatic heterocycles. The van der Waals surface area contributed by atoms with Gasteiger partial charge in [-0.3, -0.25) is 4.79 Å². The highest BCUT2D eigenvalue weighted by molar-refractivity contribution is 9.10. The molecule has 0 spiro atoms. The molecule has 1 nitrogen and oxygen atoms in total. The molecule has 0 saturated heterocycles. The maximum Gasteiger partial charge on any atom is 0.136 e. The number of thiophene rings is 1. The average Bonchev–Trinajstić information content (AvgIpc) is 2.50. The molecular formula is C12H15BrOS. The maximum absolute atomic E-state index is 11.8. The normalized spacial score (nSPS) is 22.7. The summed E-state index contributed by atoms with van der Waals surface area (Å²) in [4.78, 5) is 13.2. The van der Waals surface area contributed by atoms with Crippen LogP contribution < -0.4 is 0 Å². The number of Topliss-reactive ketones (excluding diaryl/α,β-unsaturated/α-hetero) is 1. The van der Waals surface area contributed by atoms with Gasteiger partial charge in [0.05, 0.1) is 0 Å². The Morgan fingerprint density at radius 1 is 1.40 bits per heavy atom. The molecule has 2 rings (SSSR count). The predicted molar refractivity (Wildman–Crippen MR) is 67.3 cm³/mol. The highest BCUT2D eigenvalue weighted by atomic mass is 79.9. The maximum atomic E-state index is 11.8. The summed E-state index contributed by atoms with van der Waals surface area (Å²) < 4.78 is 1.17. The number of ketones is 1. The van der Waals surface area contributed by atoms with Gasteiger partial charge in [0.2, 0.25) is 0 Å². The van der Waals surface area contributed by atoms with Crippen LogP contribution in [0, 0.1) is 5.92 Å². The summed E-state index contributed by atoms with van der Waals surface area (Å²) in [5.41, 5.74) is 0. The van der Waals surface area contributed by atoms with Gasteiger partial charge in [-0.1, -0.05) is 12.8 Å². The number of hydrogen-bond donors (Lipinski definition) is 0. The highest BCUT2D eigenvalue weighted by Crippen LogP contribution is 2.29. The first-order valence-electron chi connectivity index (χ1n) is 5.52. The van der Waals surface area contributed by atoms with Crippen molar-refractivity contribution in [2.45, 2.75) is 38.5 Å². The van der Waals surface area contributed by atoms with E-state index in [1.54, 1.807) is 11.3 Å². The molecule has 1 unspecified atom stereocenters. The SMILES string of the molecule is O=C1CCCCCC1Cc1sccc1Br. The van der Waals surface area contributed by atoms with Crippen LogP contribution in [-0.4, -0.2) is 5.78 Å². The lowest BCUT2D eigenvalue weighted by molar-refractivity contribution is -0.122. The average molecular weight is 287 g/mol. The molecule has 0 amide bonds. The zero-order chi connectivity index (χ0) is 10.7. The summed E-state index contributed by atoms with van der Waals surface area (Å²) in [6, 6.07) is 2.07. The van der Waals surface area contributed by atoms with Crippen molar-refractivity contribution < 1.29 is 4.79 Å². The Labute approximate surface area is 103 Å². The fourth-order valence-electron chi connectivity index (χ4n) is 2.14. The fraction of sp³-hybridized carbons (Fsp3) is 0.583. The van der Waals surface area contributed by atoms with Gasteiger partial charge in [-0.15, -0.1) is 11.3 Å². The molecule has 1 heterocycles. The minimum Gasteiger partial charge on any atom is -0.299 e. The Hall–Kier alpha value is -0.150. The molecule has 0 radical (unpaired) electrons. The summed E-state index contributed by atoms with van der Waals surface area (Å²) in [5, 5.41) is 2.08. The summed E-state index contributed by atoms with van der Waals surface area (Å²) in [6.45, 7) is 0. The van der Waals surface area contributed by atoms with Gasteiger partial charge in [0.1, 0.15) is 5.78 Å². The molecule has 3 heteroatoms. The van der Waals surface area contributed by atoms with Crippen LogP contribution in [0.15, 0.2) is 15.9 Å². The van der Waals surface area contributed by atoms with E-state index in [4.69, 9.17) is 0 Å². The van der Waals surface area contributed by atoms with Crippen molar-refractivity contribution in [1.29, 1.82) is 0 Å². The molecule has 82 valence electrons. The molecule has 0 bridgehead atoms.